The number of rotatable bonds is 2. The minimum atomic E-state index is 0.637. The van der Waals surface area contributed by atoms with Crippen LogP contribution in [0.1, 0.15) is 98.8 Å². The molecule has 30 heavy (non-hydrogen) atoms. The highest BCUT2D eigenvalue weighted by Crippen LogP contribution is 2.65. The predicted octanol–water partition coefficient (Wildman–Crippen LogP) is 7.96. The molecule has 4 rings (SSSR count). The van der Waals surface area contributed by atoms with E-state index in [9.17, 15) is 0 Å². The zero-order valence-corrected chi connectivity index (χ0v) is 20.7. The molecule has 0 aromatic heterocycles. The molecule has 4 aliphatic rings. The first-order valence-corrected chi connectivity index (χ1v) is 12.8. The fraction of sp³-hybridized carbons (Fsp3) is 0.828. The highest BCUT2D eigenvalue weighted by atomic mass is 14.6. The van der Waals surface area contributed by atoms with Crippen molar-refractivity contribution in [2.75, 3.05) is 7.05 Å². The monoisotopic (exact) mass is 409 g/mol. The average Bonchev–Trinajstić information content (AvgIpc) is 3.07. The van der Waals surface area contributed by atoms with Crippen molar-refractivity contribution in [1.82, 2.24) is 0 Å². The van der Waals surface area contributed by atoms with Crippen LogP contribution < -0.4 is 0 Å². The van der Waals surface area contributed by atoms with Crippen LogP contribution in [0.3, 0.4) is 0 Å². The first-order valence-electron chi connectivity index (χ1n) is 12.8. The zero-order valence-electron chi connectivity index (χ0n) is 20.7. The lowest BCUT2D eigenvalue weighted by Crippen LogP contribution is -2.49. The second-order valence-corrected chi connectivity index (χ2v) is 11.8. The third kappa shape index (κ3) is 4.59. The molecule has 0 aromatic rings. The van der Waals surface area contributed by atoms with Crippen LogP contribution in [0, 0.1) is 58.7 Å². The second-order valence-electron chi connectivity index (χ2n) is 11.8. The molecule has 0 spiro atoms. The summed E-state index contributed by atoms with van der Waals surface area (Å²) in [6.07, 6.45) is 24.0. The van der Waals surface area contributed by atoms with Crippen LogP contribution in [0.5, 0.6) is 0 Å². The van der Waals surface area contributed by atoms with Crippen LogP contribution in [0.25, 0.3) is 0 Å². The summed E-state index contributed by atoms with van der Waals surface area (Å²) in [7, 11) is 1.70. The number of terminal acetylenes is 1. The molecular weight excluding hydrogens is 362 g/mol. The lowest BCUT2D eigenvalue weighted by atomic mass is 9.48. The Hall–Kier alpha value is -1.03. The maximum Gasteiger partial charge on any atom is 0.0378 e. The van der Waals surface area contributed by atoms with Gasteiger partial charge in [0, 0.05) is 18.8 Å². The van der Waals surface area contributed by atoms with Gasteiger partial charge < -0.3 is 0 Å². The maximum absolute atomic E-state index is 5.06. The third-order valence-corrected chi connectivity index (χ3v) is 9.92. The Bertz CT molecular complexity index is 677. The number of hydrogen-bond donors (Lipinski definition) is 0. The first kappa shape index (κ1) is 23.6. The zero-order chi connectivity index (χ0) is 21.9. The van der Waals surface area contributed by atoms with Crippen molar-refractivity contribution in [3.63, 3.8) is 0 Å². The molecular formula is C29H47N. The molecule has 4 saturated carbocycles. The highest BCUT2D eigenvalue weighted by Gasteiger charge is 2.56. The summed E-state index contributed by atoms with van der Waals surface area (Å²) in [5, 5.41) is 0. The van der Waals surface area contributed by atoms with Crippen molar-refractivity contribution in [2.45, 2.75) is 98.8 Å². The molecule has 0 saturated heterocycles. The number of allylic oxidation sites excluding steroid dienone is 2. The lowest BCUT2D eigenvalue weighted by molar-refractivity contribution is -0.0760. The summed E-state index contributed by atoms with van der Waals surface area (Å²) in [4.78, 5) is 3.74. The van der Waals surface area contributed by atoms with Crippen molar-refractivity contribution in [1.29, 1.82) is 0 Å². The van der Waals surface area contributed by atoms with E-state index in [-0.39, 0.29) is 0 Å². The number of fused-ring (bicyclic) bond motifs is 5. The van der Waals surface area contributed by atoms with Gasteiger partial charge in [-0.2, -0.15) is 0 Å². The third-order valence-electron chi connectivity index (χ3n) is 9.92. The second kappa shape index (κ2) is 9.63. The molecule has 0 aliphatic heterocycles. The molecule has 4 fully saturated rings. The number of nitrogens with zero attached hydrogens (tertiary/aromatic N) is 1. The average molecular weight is 410 g/mol. The Balaban J connectivity index is 0.000000275. The van der Waals surface area contributed by atoms with Gasteiger partial charge >= 0.3 is 0 Å². The summed E-state index contributed by atoms with van der Waals surface area (Å²) < 4.78 is 0. The standard InChI is InChI=1S/C22H38.C7H9N/c1-5-16-7-9-20-19-8-6-15-14-21(2,3)12-10-17(15)18(19)11-13-22(16,20)4;1-4-7(5-2)6-8-3/h15-20H,5-14H2,1-4H3;1,5-6H,2-3H3/b;7-5-,8-6?. The van der Waals surface area contributed by atoms with Crippen molar-refractivity contribution in [3.8, 4) is 12.3 Å². The first-order chi connectivity index (χ1) is 14.3. The smallest absolute Gasteiger partial charge is 0.0378 e. The van der Waals surface area contributed by atoms with Crippen LogP contribution in [-0.2, 0) is 0 Å². The number of aliphatic imine (C=N–C) groups is 1. The Morgan fingerprint density at radius 1 is 1.00 bits per heavy atom. The molecule has 0 aromatic carbocycles. The molecule has 0 radical (unpaired) electrons. The molecule has 1 nitrogen and oxygen atoms in total. The number of hydrogen-bond acceptors (Lipinski definition) is 1. The minimum Gasteiger partial charge on any atom is -0.295 e. The van der Waals surface area contributed by atoms with Gasteiger partial charge in [0.1, 0.15) is 0 Å². The van der Waals surface area contributed by atoms with E-state index in [0.29, 0.717) is 5.41 Å². The van der Waals surface area contributed by atoms with E-state index in [4.69, 9.17) is 6.42 Å². The lowest BCUT2D eigenvalue weighted by Gasteiger charge is -2.57. The molecule has 0 heterocycles. The quantitative estimate of drug-likeness (QED) is 0.324. The normalized spacial score (nSPS) is 42.4. The Kier molecular flexibility index (Phi) is 7.58. The molecule has 1 heteroatoms. The summed E-state index contributed by atoms with van der Waals surface area (Å²) in [6, 6.07) is 0. The fourth-order valence-electron chi connectivity index (χ4n) is 8.42. The Labute approximate surface area is 187 Å². The topological polar surface area (TPSA) is 12.4 Å². The van der Waals surface area contributed by atoms with Crippen molar-refractivity contribution in [2.24, 2.45) is 51.3 Å². The van der Waals surface area contributed by atoms with Crippen molar-refractivity contribution in [3.05, 3.63) is 11.6 Å². The summed E-state index contributed by atoms with van der Waals surface area (Å²) in [5.74, 6) is 9.01. The van der Waals surface area contributed by atoms with Crippen LogP contribution >= 0.6 is 0 Å². The van der Waals surface area contributed by atoms with E-state index < -0.39 is 0 Å². The van der Waals surface area contributed by atoms with Gasteiger partial charge in [-0.15, -0.1) is 6.42 Å². The van der Waals surface area contributed by atoms with Gasteiger partial charge in [0.25, 0.3) is 0 Å². The van der Waals surface area contributed by atoms with E-state index in [1.54, 1.807) is 58.2 Å². The summed E-state index contributed by atoms with van der Waals surface area (Å²) in [6.45, 7) is 12.1. The largest absolute Gasteiger partial charge is 0.295 e. The van der Waals surface area contributed by atoms with Gasteiger partial charge in [0.15, 0.2) is 0 Å². The molecule has 0 N–H and O–H groups in total. The van der Waals surface area contributed by atoms with E-state index in [1.807, 2.05) is 13.0 Å². The van der Waals surface area contributed by atoms with Crippen LogP contribution in [-0.4, -0.2) is 13.3 Å². The van der Waals surface area contributed by atoms with Gasteiger partial charge in [-0.3, -0.25) is 4.99 Å². The highest BCUT2D eigenvalue weighted by molar-refractivity contribution is 5.83. The van der Waals surface area contributed by atoms with Gasteiger partial charge in [-0.1, -0.05) is 46.1 Å². The van der Waals surface area contributed by atoms with Gasteiger partial charge in [0.2, 0.25) is 0 Å². The van der Waals surface area contributed by atoms with Crippen molar-refractivity contribution < 1.29 is 0 Å². The van der Waals surface area contributed by atoms with Crippen LogP contribution in [0.15, 0.2) is 16.6 Å². The Morgan fingerprint density at radius 3 is 2.33 bits per heavy atom. The predicted molar refractivity (Wildman–Crippen MR) is 132 cm³/mol. The molecule has 168 valence electrons. The minimum absolute atomic E-state index is 0.637. The summed E-state index contributed by atoms with van der Waals surface area (Å²) in [5.41, 5.74) is 2.18. The molecule has 0 amide bonds. The van der Waals surface area contributed by atoms with Gasteiger partial charge in [0.05, 0.1) is 0 Å². The maximum atomic E-state index is 5.06. The van der Waals surface area contributed by atoms with E-state index >= 15 is 0 Å². The van der Waals surface area contributed by atoms with Crippen molar-refractivity contribution >= 4 is 6.21 Å². The van der Waals surface area contributed by atoms with Crippen LogP contribution in [0.4, 0.5) is 0 Å². The SMILES string of the molecule is C#C/C(C=NC)=C/C.CCC1CCC2C3CCC4CC(C)(C)CCC4C3CCC12C. The Morgan fingerprint density at radius 2 is 1.73 bits per heavy atom. The van der Waals surface area contributed by atoms with Gasteiger partial charge in [-0.25, -0.2) is 0 Å². The van der Waals surface area contributed by atoms with Crippen LogP contribution in [0.2, 0.25) is 0 Å². The molecule has 7 unspecified atom stereocenters. The molecule has 4 aliphatic carbocycles. The molecule has 7 atom stereocenters. The van der Waals surface area contributed by atoms with E-state index in [1.165, 1.54) is 19.3 Å². The summed E-state index contributed by atoms with van der Waals surface area (Å²) >= 11 is 0. The van der Waals surface area contributed by atoms with Gasteiger partial charge in [-0.05, 0) is 111 Å². The fourth-order valence-corrected chi connectivity index (χ4v) is 8.42. The van der Waals surface area contributed by atoms with E-state index in [2.05, 4.69) is 38.6 Å². The van der Waals surface area contributed by atoms with E-state index in [0.717, 1.165) is 46.5 Å². The molecule has 0 bridgehead atoms.